The molecule has 1 rings (SSSR count). The van der Waals surface area contributed by atoms with Crippen molar-refractivity contribution in [1.29, 1.82) is 0 Å². The lowest BCUT2D eigenvalue weighted by molar-refractivity contribution is 0.418. The van der Waals surface area contributed by atoms with Gasteiger partial charge in [-0.1, -0.05) is 13.3 Å². The summed E-state index contributed by atoms with van der Waals surface area (Å²) in [4.78, 5) is 4.35. The molecule has 1 fully saturated rings. The van der Waals surface area contributed by atoms with E-state index in [0.29, 0.717) is 6.04 Å². The molecule has 0 saturated heterocycles. The van der Waals surface area contributed by atoms with Crippen LogP contribution in [0.4, 0.5) is 0 Å². The van der Waals surface area contributed by atoms with Crippen molar-refractivity contribution < 1.29 is 0 Å². The SMILES string of the molecule is CCSC1CCCC(NC(=NC)NCCCCSC)C1. The largest absolute Gasteiger partial charge is 0.356 e. The van der Waals surface area contributed by atoms with E-state index in [4.69, 9.17) is 0 Å². The molecule has 0 aromatic carbocycles. The van der Waals surface area contributed by atoms with Gasteiger partial charge in [0.05, 0.1) is 0 Å². The highest BCUT2D eigenvalue weighted by Gasteiger charge is 2.22. The maximum Gasteiger partial charge on any atom is 0.191 e. The zero-order valence-electron chi connectivity index (χ0n) is 13.3. The second kappa shape index (κ2) is 11.6. The summed E-state index contributed by atoms with van der Waals surface area (Å²) in [6, 6.07) is 0.602. The Morgan fingerprint density at radius 3 is 2.85 bits per heavy atom. The molecule has 1 aliphatic rings. The Hall–Kier alpha value is -0.0300. The Balaban J connectivity index is 2.22. The van der Waals surface area contributed by atoms with E-state index in [-0.39, 0.29) is 0 Å². The maximum atomic E-state index is 4.35. The minimum absolute atomic E-state index is 0.602. The lowest BCUT2D eigenvalue weighted by Crippen LogP contribution is -2.45. The molecule has 2 unspecified atom stereocenters. The molecule has 5 heteroatoms. The van der Waals surface area contributed by atoms with E-state index in [0.717, 1.165) is 17.8 Å². The lowest BCUT2D eigenvalue weighted by Gasteiger charge is -2.30. The highest BCUT2D eigenvalue weighted by atomic mass is 32.2. The molecule has 20 heavy (non-hydrogen) atoms. The summed E-state index contributed by atoms with van der Waals surface area (Å²) in [6.07, 6.45) is 9.98. The zero-order valence-corrected chi connectivity index (χ0v) is 14.9. The van der Waals surface area contributed by atoms with Gasteiger partial charge in [0.2, 0.25) is 0 Å². The van der Waals surface area contributed by atoms with E-state index in [2.05, 4.69) is 40.6 Å². The van der Waals surface area contributed by atoms with Crippen LogP contribution in [0.5, 0.6) is 0 Å². The van der Waals surface area contributed by atoms with Crippen LogP contribution in [0.1, 0.15) is 45.4 Å². The van der Waals surface area contributed by atoms with Crippen LogP contribution in [0.25, 0.3) is 0 Å². The van der Waals surface area contributed by atoms with Crippen molar-refractivity contribution in [1.82, 2.24) is 10.6 Å². The van der Waals surface area contributed by atoms with Crippen molar-refractivity contribution in [3.63, 3.8) is 0 Å². The fraction of sp³-hybridized carbons (Fsp3) is 0.933. The molecule has 2 N–H and O–H groups in total. The third kappa shape index (κ3) is 7.67. The summed E-state index contributed by atoms with van der Waals surface area (Å²) < 4.78 is 0. The summed E-state index contributed by atoms with van der Waals surface area (Å²) in [5.74, 6) is 3.48. The first-order valence-corrected chi connectivity index (χ1v) is 10.3. The van der Waals surface area contributed by atoms with Gasteiger partial charge < -0.3 is 10.6 Å². The number of unbranched alkanes of at least 4 members (excludes halogenated alkanes) is 1. The van der Waals surface area contributed by atoms with Crippen molar-refractivity contribution >= 4 is 29.5 Å². The van der Waals surface area contributed by atoms with Crippen LogP contribution in [-0.4, -0.2) is 48.6 Å². The van der Waals surface area contributed by atoms with E-state index in [9.17, 15) is 0 Å². The first-order chi connectivity index (χ1) is 9.80. The van der Waals surface area contributed by atoms with Crippen molar-refractivity contribution in [3.8, 4) is 0 Å². The van der Waals surface area contributed by atoms with Crippen LogP contribution < -0.4 is 10.6 Å². The van der Waals surface area contributed by atoms with Gasteiger partial charge in [-0.15, -0.1) is 0 Å². The third-order valence-electron chi connectivity index (χ3n) is 3.66. The molecule has 2 atom stereocenters. The second-order valence-corrected chi connectivity index (χ2v) is 7.85. The average Bonchev–Trinajstić information content (AvgIpc) is 2.46. The summed E-state index contributed by atoms with van der Waals surface area (Å²) in [5, 5.41) is 7.89. The molecule has 0 aromatic heterocycles. The molecule has 1 aliphatic carbocycles. The van der Waals surface area contributed by atoms with Gasteiger partial charge in [-0.3, -0.25) is 4.99 Å². The van der Waals surface area contributed by atoms with Gasteiger partial charge in [0, 0.05) is 24.9 Å². The fourth-order valence-corrected chi connectivity index (χ4v) is 4.30. The molecule has 0 spiro atoms. The highest BCUT2D eigenvalue weighted by molar-refractivity contribution is 7.99. The molecule has 0 bridgehead atoms. The van der Waals surface area contributed by atoms with E-state index in [1.54, 1.807) is 0 Å². The molecule has 0 radical (unpaired) electrons. The summed E-state index contributed by atoms with van der Waals surface area (Å²) >= 11 is 4.04. The van der Waals surface area contributed by atoms with Gasteiger partial charge in [-0.05, 0) is 49.9 Å². The Labute approximate surface area is 133 Å². The smallest absolute Gasteiger partial charge is 0.191 e. The number of guanidine groups is 1. The minimum Gasteiger partial charge on any atom is -0.356 e. The molecule has 118 valence electrons. The molecule has 3 nitrogen and oxygen atoms in total. The van der Waals surface area contributed by atoms with Crippen LogP contribution in [-0.2, 0) is 0 Å². The van der Waals surface area contributed by atoms with Crippen molar-refractivity contribution in [2.45, 2.75) is 56.7 Å². The second-order valence-electron chi connectivity index (χ2n) is 5.28. The summed E-state index contributed by atoms with van der Waals surface area (Å²) in [6.45, 7) is 3.29. The van der Waals surface area contributed by atoms with Crippen LogP contribution in [0.2, 0.25) is 0 Å². The minimum atomic E-state index is 0.602. The van der Waals surface area contributed by atoms with E-state index in [1.807, 2.05) is 18.8 Å². The van der Waals surface area contributed by atoms with Gasteiger partial charge in [0.15, 0.2) is 5.96 Å². The number of hydrogen-bond acceptors (Lipinski definition) is 3. The van der Waals surface area contributed by atoms with Crippen LogP contribution in [0.15, 0.2) is 4.99 Å². The predicted octanol–water partition coefficient (Wildman–Crippen LogP) is 3.36. The van der Waals surface area contributed by atoms with Crippen LogP contribution in [0, 0.1) is 0 Å². The molecular weight excluding hydrogens is 286 g/mol. The Bertz CT molecular complexity index is 270. The normalized spacial score (nSPS) is 23.6. The number of nitrogens with zero attached hydrogens (tertiary/aromatic N) is 1. The molecule has 0 aromatic rings. The number of hydrogen-bond donors (Lipinski definition) is 2. The first kappa shape index (κ1) is 18.0. The number of thioether (sulfide) groups is 2. The van der Waals surface area contributed by atoms with Crippen LogP contribution >= 0.6 is 23.5 Å². The van der Waals surface area contributed by atoms with E-state index < -0.39 is 0 Å². The van der Waals surface area contributed by atoms with Gasteiger partial charge >= 0.3 is 0 Å². The monoisotopic (exact) mass is 317 g/mol. The lowest BCUT2D eigenvalue weighted by atomic mass is 9.95. The average molecular weight is 318 g/mol. The summed E-state index contributed by atoms with van der Waals surface area (Å²) in [7, 11) is 1.87. The predicted molar refractivity (Wildman–Crippen MR) is 96.3 cm³/mol. The maximum absolute atomic E-state index is 4.35. The number of nitrogens with one attached hydrogen (secondary N) is 2. The summed E-state index contributed by atoms with van der Waals surface area (Å²) in [5.41, 5.74) is 0. The zero-order chi connectivity index (χ0) is 14.6. The molecular formula is C15H31N3S2. The topological polar surface area (TPSA) is 36.4 Å². The van der Waals surface area contributed by atoms with E-state index in [1.165, 1.54) is 50.0 Å². The highest BCUT2D eigenvalue weighted by Crippen LogP contribution is 2.28. The first-order valence-electron chi connectivity index (χ1n) is 7.87. The fourth-order valence-electron chi connectivity index (χ4n) is 2.63. The Morgan fingerprint density at radius 1 is 1.30 bits per heavy atom. The van der Waals surface area contributed by atoms with Crippen molar-refractivity contribution in [3.05, 3.63) is 0 Å². The Morgan fingerprint density at radius 2 is 2.15 bits per heavy atom. The van der Waals surface area contributed by atoms with Crippen molar-refractivity contribution in [2.24, 2.45) is 4.99 Å². The number of rotatable bonds is 8. The number of aliphatic imine (C=N–C) groups is 1. The molecule has 0 amide bonds. The van der Waals surface area contributed by atoms with Gasteiger partial charge in [-0.25, -0.2) is 0 Å². The van der Waals surface area contributed by atoms with Crippen molar-refractivity contribution in [2.75, 3.05) is 31.4 Å². The molecule has 1 saturated carbocycles. The van der Waals surface area contributed by atoms with Gasteiger partial charge in [0.25, 0.3) is 0 Å². The van der Waals surface area contributed by atoms with Gasteiger partial charge in [-0.2, -0.15) is 23.5 Å². The standard InChI is InChI=1S/C15H31N3S2/c1-4-20-14-9-7-8-13(12-14)18-15(16-2)17-10-5-6-11-19-3/h13-14H,4-12H2,1-3H3,(H2,16,17,18). The third-order valence-corrected chi connectivity index (χ3v) is 5.59. The molecule has 0 heterocycles. The van der Waals surface area contributed by atoms with Crippen LogP contribution in [0.3, 0.4) is 0 Å². The van der Waals surface area contributed by atoms with Gasteiger partial charge in [0.1, 0.15) is 0 Å². The van der Waals surface area contributed by atoms with E-state index >= 15 is 0 Å². The molecule has 0 aliphatic heterocycles. The quantitative estimate of drug-likeness (QED) is 0.409. The Kier molecular flexibility index (Phi) is 10.5.